The Kier molecular flexibility index (Phi) is 6.82. The number of hydrogen-bond donors (Lipinski definition) is 1. The molecule has 0 heterocycles. The van der Waals surface area contributed by atoms with E-state index in [2.05, 4.69) is 27.9 Å². The number of para-hydroxylation sites is 1. The summed E-state index contributed by atoms with van der Waals surface area (Å²) in [6.07, 6.45) is 1.56. The van der Waals surface area contributed by atoms with Gasteiger partial charge in [0.2, 0.25) is 0 Å². The second-order valence-corrected chi connectivity index (χ2v) is 7.11. The SMILES string of the molecule is N#C/C(=C/c1ccc(OCc2ccccc2)cc1)C(=O)Nc1ccccc1I. The summed E-state index contributed by atoms with van der Waals surface area (Å²) < 4.78 is 6.66. The van der Waals surface area contributed by atoms with Crippen LogP contribution in [0.15, 0.2) is 84.4 Å². The Balaban J connectivity index is 1.66. The maximum Gasteiger partial charge on any atom is 0.266 e. The highest BCUT2D eigenvalue weighted by molar-refractivity contribution is 14.1. The monoisotopic (exact) mass is 480 g/mol. The normalized spacial score (nSPS) is 10.8. The summed E-state index contributed by atoms with van der Waals surface area (Å²) in [4.78, 5) is 12.4. The maximum absolute atomic E-state index is 12.4. The number of carbonyl (C=O) groups is 1. The third-order valence-electron chi connectivity index (χ3n) is 3.93. The lowest BCUT2D eigenvalue weighted by molar-refractivity contribution is -0.112. The molecule has 0 saturated carbocycles. The Morgan fingerprint density at radius 1 is 1.00 bits per heavy atom. The highest BCUT2D eigenvalue weighted by Gasteiger charge is 2.11. The van der Waals surface area contributed by atoms with Crippen LogP contribution >= 0.6 is 22.6 Å². The van der Waals surface area contributed by atoms with Crippen LogP contribution in [0.25, 0.3) is 6.08 Å². The molecule has 0 unspecified atom stereocenters. The molecular formula is C23H17IN2O2. The van der Waals surface area contributed by atoms with E-state index in [0.717, 1.165) is 20.4 Å². The number of halogens is 1. The minimum atomic E-state index is -0.434. The Morgan fingerprint density at radius 2 is 1.68 bits per heavy atom. The van der Waals surface area contributed by atoms with Gasteiger partial charge in [0, 0.05) is 3.57 Å². The fourth-order valence-electron chi connectivity index (χ4n) is 2.47. The molecule has 0 fully saturated rings. The van der Waals surface area contributed by atoms with Gasteiger partial charge in [-0.15, -0.1) is 0 Å². The van der Waals surface area contributed by atoms with Crippen molar-refractivity contribution in [1.29, 1.82) is 5.26 Å². The quantitative estimate of drug-likeness (QED) is 0.291. The van der Waals surface area contributed by atoms with Crippen LogP contribution in [-0.2, 0) is 11.4 Å². The smallest absolute Gasteiger partial charge is 0.266 e. The summed E-state index contributed by atoms with van der Waals surface area (Å²) >= 11 is 2.14. The molecule has 0 atom stereocenters. The average molecular weight is 480 g/mol. The van der Waals surface area contributed by atoms with E-state index in [9.17, 15) is 10.1 Å². The van der Waals surface area contributed by atoms with Gasteiger partial charge in [-0.3, -0.25) is 4.79 Å². The van der Waals surface area contributed by atoms with Gasteiger partial charge in [-0.2, -0.15) is 5.26 Å². The zero-order valence-electron chi connectivity index (χ0n) is 14.9. The predicted molar refractivity (Wildman–Crippen MR) is 119 cm³/mol. The Bertz CT molecular complexity index is 1020. The largest absolute Gasteiger partial charge is 0.489 e. The van der Waals surface area contributed by atoms with Crippen molar-refractivity contribution in [2.24, 2.45) is 0 Å². The number of nitrogens with one attached hydrogen (secondary N) is 1. The lowest BCUT2D eigenvalue weighted by Gasteiger charge is -2.07. The molecule has 5 heteroatoms. The van der Waals surface area contributed by atoms with Gasteiger partial charge in [0.15, 0.2) is 0 Å². The molecule has 0 saturated heterocycles. The predicted octanol–water partition coefficient (Wildman–Crippen LogP) is 5.42. The molecule has 0 aromatic heterocycles. The molecule has 1 amide bonds. The number of ether oxygens (including phenoxy) is 1. The number of hydrogen-bond acceptors (Lipinski definition) is 3. The van der Waals surface area contributed by atoms with Gasteiger partial charge in [-0.25, -0.2) is 0 Å². The number of rotatable bonds is 6. The van der Waals surface area contributed by atoms with E-state index < -0.39 is 5.91 Å². The van der Waals surface area contributed by atoms with Gasteiger partial charge < -0.3 is 10.1 Å². The van der Waals surface area contributed by atoms with E-state index in [1.807, 2.05) is 78.9 Å². The zero-order chi connectivity index (χ0) is 19.8. The van der Waals surface area contributed by atoms with Crippen molar-refractivity contribution in [3.63, 3.8) is 0 Å². The average Bonchev–Trinajstić information content (AvgIpc) is 2.73. The van der Waals surface area contributed by atoms with E-state index in [4.69, 9.17) is 4.74 Å². The number of benzene rings is 3. The number of nitriles is 1. The van der Waals surface area contributed by atoms with Gasteiger partial charge in [-0.05, 0) is 64.1 Å². The standard InChI is InChI=1S/C23H17IN2O2/c24-21-8-4-5-9-22(21)26-23(27)19(15-25)14-17-10-12-20(13-11-17)28-16-18-6-2-1-3-7-18/h1-14H,16H2,(H,26,27)/b19-14-. The maximum atomic E-state index is 12.4. The van der Waals surface area contributed by atoms with E-state index in [1.54, 1.807) is 12.1 Å². The van der Waals surface area contributed by atoms with Crippen molar-refractivity contribution in [3.05, 3.63) is 99.1 Å². The highest BCUT2D eigenvalue weighted by Crippen LogP contribution is 2.19. The van der Waals surface area contributed by atoms with Crippen molar-refractivity contribution in [2.45, 2.75) is 6.61 Å². The second kappa shape index (κ2) is 9.72. The molecule has 3 aromatic carbocycles. The van der Waals surface area contributed by atoms with Gasteiger partial charge in [0.05, 0.1) is 5.69 Å². The van der Waals surface area contributed by atoms with Gasteiger partial charge in [0.25, 0.3) is 5.91 Å². The third kappa shape index (κ3) is 5.44. The van der Waals surface area contributed by atoms with Crippen LogP contribution in [0.5, 0.6) is 5.75 Å². The highest BCUT2D eigenvalue weighted by atomic mass is 127. The Labute approximate surface area is 177 Å². The number of carbonyl (C=O) groups excluding carboxylic acids is 1. The van der Waals surface area contributed by atoms with Gasteiger partial charge >= 0.3 is 0 Å². The van der Waals surface area contributed by atoms with Crippen LogP contribution in [0, 0.1) is 14.9 Å². The van der Waals surface area contributed by atoms with E-state index in [0.29, 0.717) is 12.3 Å². The summed E-state index contributed by atoms with van der Waals surface area (Å²) in [6.45, 7) is 0.484. The van der Waals surface area contributed by atoms with E-state index >= 15 is 0 Å². The van der Waals surface area contributed by atoms with Crippen molar-refractivity contribution in [1.82, 2.24) is 0 Å². The Morgan fingerprint density at radius 3 is 2.36 bits per heavy atom. The molecular weight excluding hydrogens is 463 g/mol. The molecule has 1 N–H and O–H groups in total. The molecule has 0 aliphatic carbocycles. The molecule has 138 valence electrons. The number of anilines is 1. The zero-order valence-corrected chi connectivity index (χ0v) is 17.1. The number of nitrogens with zero attached hydrogens (tertiary/aromatic N) is 1. The van der Waals surface area contributed by atoms with Gasteiger partial charge in [-0.1, -0.05) is 54.6 Å². The van der Waals surface area contributed by atoms with Crippen LogP contribution in [0.4, 0.5) is 5.69 Å². The molecule has 4 nitrogen and oxygen atoms in total. The van der Waals surface area contributed by atoms with Crippen LogP contribution in [0.1, 0.15) is 11.1 Å². The number of amides is 1. The molecule has 28 heavy (non-hydrogen) atoms. The van der Waals surface area contributed by atoms with Crippen molar-refractivity contribution < 1.29 is 9.53 Å². The van der Waals surface area contributed by atoms with Crippen molar-refractivity contribution in [3.8, 4) is 11.8 Å². The lowest BCUT2D eigenvalue weighted by Crippen LogP contribution is -2.14. The van der Waals surface area contributed by atoms with Crippen LogP contribution < -0.4 is 10.1 Å². The first-order valence-corrected chi connectivity index (χ1v) is 9.68. The van der Waals surface area contributed by atoms with E-state index in [1.165, 1.54) is 0 Å². The van der Waals surface area contributed by atoms with Gasteiger partial charge in [0.1, 0.15) is 24.0 Å². The first-order chi connectivity index (χ1) is 13.7. The summed E-state index contributed by atoms with van der Waals surface area (Å²) in [5, 5.41) is 12.1. The topological polar surface area (TPSA) is 62.1 Å². The van der Waals surface area contributed by atoms with Crippen LogP contribution in [0.3, 0.4) is 0 Å². The molecule has 3 rings (SSSR count). The molecule has 0 spiro atoms. The fourth-order valence-corrected chi connectivity index (χ4v) is 2.99. The summed E-state index contributed by atoms with van der Waals surface area (Å²) in [7, 11) is 0. The summed E-state index contributed by atoms with van der Waals surface area (Å²) in [6, 6.07) is 26.6. The fraction of sp³-hybridized carbons (Fsp3) is 0.0435. The molecule has 3 aromatic rings. The summed E-state index contributed by atoms with van der Waals surface area (Å²) in [5.74, 6) is 0.291. The first-order valence-electron chi connectivity index (χ1n) is 8.60. The molecule has 0 bridgehead atoms. The van der Waals surface area contributed by atoms with Crippen LogP contribution in [0.2, 0.25) is 0 Å². The lowest BCUT2D eigenvalue weighted by atomic mass is 10.1. The first kappa shape index (κ1) is 19.6. The Hall–Kier alpha value is -3.11. The van der Waals surface area contributed by atoms with Crippen molar-refractivity contribution in [2.75, 3.05) is 5.32 Å². The minimum absolute atomic E-state index is 0.0395. The van der Waals surface area contributed by atoms with Crippen molar-refractivity contribution >= 4 is 40.3 Å². The second-order valence-electron chi connectivity index (χ2n) is 5.95. The molecule has 0 aliphatic heterocycles. The molecule has 0 radical (unpaired) electrons. The van der Waals surface area contributed by atoms with E-state index in [-0.39, 0.29) is 5.57 Å². The summed E-state index contributed by atoms with van der Waals surface area (Å²) in [5.41, 5.74) is 2.56. The minimum Gasteiger partial charge on any atom is -0.489 e. The third-order valence-corrected chi connectivity index (χ3v) is 4.87. The molecule has 0 aliphatic rings. The van der Waals surface area contributed by atoms with Crippen LogP contribution in [-0.4, -0.2) is 5.91 Å².